The van der Waals surface area contributed by atoms with Crippen LogP contribution in [0.4, 0.5) is 0 Å². The second-order valence-electron chi connectivity index (χ2n) is 3.66. The van der Waals surface area contributed by atoms with Gasteiger partial charge < -0.3 is 8.94 Å². The molecule has 0 bridgehead atoms. The summed E-state index contributed by atoms with van der Waals surface area (Å²) in [5.74, 6) is 1.34. The summed E-state index contributed by atoms with van der Waals surface area (Å²) < 4.78 is 10.2. The van der Waals surface area contributed by atoms with Gasteiger partial charge in [0.25, 0.3) is 5.89 Å². The van der Waals surface area contributed by atoms with Crippen molar-refractivity contribution < 1.29 is 8.94 Å². The van der Waals surface area contributed by atoms with E-state index in [0.29, 0.717) is 17.5 Å². The Morgan fingerprint density at radius 1 is 1.24 bits per heavy atom. The van der Waals surface area contributed by atoms with Crippen molar-refractivity contribution >= 4 is 0 Å². The second-order valence-corrected chi connectivity index (χ2v) is 3.66. The fourth-order valence-electron chi connectivity index (χ4n) is 1.55. The molecule has 5 nitrogen and oxygen atoms in total. The van der Waals surface area contributed by atoms with Gasteiger partial charge in [-0.2, -0.15) is 4.98 Å². The molecule has 0 aliphatic carbocycles. The van der Waals surface area contributed by atoms with Crippen LogP contribution in [0.1, 0.15) is 5.56 Å². The van der Waals surface area contributed by atoms with Crippen LogP contribution in [0.15, 0.2) is 45.8 Å². The van der Waals surface area contributed by atoms with E-state index < -0.39 is 0 Å². The number of oxazole rings is 1. The maximum absolute atomic E-state index is 5.11. The van der Waals surface area contributed by atoms with Crippen molar-refractivity contribution in [3.63, 3.8) is 0 Å². The van der Waals surface area contributed by atoms with Crippen LogP contribution in [0.3, 0.4) is 0 Å². The fourth-order valence-corrected chi connectivity index (χ4v) is 1.55. The van der Waals surface area contributed by atoms with Crippen LogP contribution in [-0.2, 0) is 0 Å². The Balaban J connectivity index is 2.01. The molecule has 0 aliphatic heterocycles. The molecule has 2 heterocycles. The Morgan fingerprint density at radius 3 is 2.94 bits per heavy atom. The van der Waals surface area contributed by atoms with E-state index in [0.717, 1.165) is 11.1 Å². The molecule has 2 aromatic heterocycles. The molecule has 17 heavy (non-hydrogen) atoms. The zero-order valence-electron chi connectivity index (χ0n) is 9.12. The lowest BCUT2D eigenvalue weighted by molar-refractivity contribution is 0.416. The Bertz CT molecular complexity index is 629. The highest BCUT2D eigenvalue weighted by Gasteiger charge is 2.12. The monoisotopic (exact) mass is 227 g/mol. The first kappa shape index (κ1) is 9.77. The van der Waals surface area contributed by atoms with Crippen LogP contribution in [0.25, 0.3) is 23.0 Å². The van der Waals surface area contributed by atoms with Gasteiger partial charge >= 0.3 is 0 Å². The van der Waals surface area contributed by atoms with Gasteiger partial charge in [0, 0.05) is 5.56 Å². The second kappa shape index (κ2) is 3.86. The van der Waals surface area contributed by atoms with Crippen molar-refractivity contribution in [3.05, 3.63) is 42.4 Å². The van der Waals surface area contributed by atoms with Gasteiger partial charge in [0.1, 0.15) is 0 Å². The minimum absolute atomic E-state index is 0.332. The molecule has 0 amide bonds. The number of nitrogens with zero attached hydrogens (tertiary/aromatic N) is 3. The average molecular weight is 227 g/mol. The largest absolute Gasteiger partial charge is 0.438 e. The number of hydrogen-bond acceptors (Lipinski definition) is 5. The number of aryl methyl sites for hydroxylation is 1. The van der Waals surface area contributed by atoms with Gasteiger partial charge in [-0.05, 0) is 13.0 Å². The minimum Gasteiger partial charge on any atom is -0.438 e. The summed E-state index contributed by atoms with van der Waals surface area (Å²) in [6, 6.07) is 7.90. The molecule has 0 unspecified atom stereocenters. The molecule has 3 rings (SSSR count). The van der Waals surface area contributed by atoms with E-state index in [2.05, 4.69) is 15.1 Å². The summed E-state index contributed by atoms with van der Waals surface area (Å²) in [6.45, 7) is 2.01. The highest BCUT2D eigenvalue weighted by molar-refractivity contribution is 5.57. The van der Waals surface area contributed by atoms with E-state index in [4.69, 9.17) is 8.94 Å². The zero-order chi connectivity index (χ0) is 11.7. The summed E-state index contributed by atoms with van der Waals surface area (Å²) in [5, 5.41) is 3.91. The molecule has 0 saturated carbocycles. The molecule has 0 spiro atoms. The van der Waals surface area contributed by atoms with Crippen LogP contribution >= 0.6 is 0 Å². The van der Waals surface area contributed by atoms with Crippen molar-refractivity contribution in [2.45, 2.75) is 6.92 Å². The van der Waals surface area contributed by atoms with Gasteiger partial charge in [-0.1, -0.05) is 28.9 Å². The van der Waals surface area contributed by atoms with Crippen molar-refractivity contribution in [2.75, 3.05) is 0 Å². The van der Waals surface area contributed by atoms with Crippen molar-refractivity contribution in [2.24, 2.45) is 0 Å². The summed E-state index contributed by atoms with van der Waals surface area (Å²) in [5.41, 5.74) is 2.06. The molecule has 0 aliphatic rings. The molecule has 1 aromatic carbocycles. The maximum atomic E-state index is 5.11. The lowest BCUT2D eigenvalue weighted by atomic mass is 10.1. The van der Waals surface area contributed by atoms with Crippen LogP contribution in [-0.4, -0.2) is 15.1 Å². The van der Waals surface area contributed by atoms with E-state index >= 15 is 0 Å². The lowest BCUT2D eigenvalue weighted by Gasteiger charge is -1.94. The average Bonchev–Trinajstić information content (AvgIpc) is 3.00. The Labute approximate surface area is 97.1 Å². The summed E-state index contributed by atoms with van der Waals surface area (Å²) in [7, 11) is 0. The standard InChI is InChI=1S/C12H9N3O2/c1-8-3-2-4-9(5-8)11-14-12(17-15-11)10-6-13-7-16-10/h2-7H,1H3. The first-order valence-corrected chi connectivity index (χ1v) is 5.12. The Morgan fingerprint density at radius 2 is 2.18 bits per heavy atom. The van der Waals surface area contributed by atoms with Crippen molar-refractivity contribution in [3.8, 4) is 23.0 Å². The zero-order valence-corrected chi connectivity index (χ0v) is 9.12. The number of benzene rings is 1. The summed E-state index contributed by atoms with van der Waals surface area (Å²) in [4.78, 5) is 8.05. The third-order valence-electron chi connectivity index (χ3n) is 2.35. The molecule has 84 valence electrons. The number of hydrogen-bond donors (Lipinski definition) is 0. The van der Waals surface area contributed by atoms with Crippen LogP contribution < -0.4 is 0 Å². The van der Waals surface area contributed by atoms with Crippen LogP contribution in [0.5, 0.6) is 0 Å². The van der Waals surface area contributed by atoms with Crippen LogP contribution in [0, 0.1) is 6.92 Å². The Kier molecular flexibility index (Phi) is 2.22. The fraction of sp³-hybridized carbons (Fsp3) is 0.0833. The molecule has 0 N–H and O–H groups in total. The molecule has 0 radical (unpaired) electrons. The predicted molar refractivity (Wildman–Crippen MR) is 60.0 cm³/mol. The van der Waals surface area contributed by atoms with Gasteiger partial charge in [0.15, 0.2) is 6.39 Å². The van der Waals surface area contributed by atoms with Gasteiger partial charge in [0.2, 0.25) is 11.6 Å². The quantitative estimate of drug-likeness (QED) is 0.673. The van der Waals surface area contributed by atoms with Crippen LogP contribution in [0.2, 0.25) is 0 Å². The van der Waals surface area contributed by atoms with Crippen molar-refractivity contribution in [1.29, 1.82) is 0 Å². The smallest absolute Gasteiger partial charge is 0.295 e. The van der Waals surface area contributed by atoms with Gasteiger partial charge in [-0.15, -0.1) is 0 Å². The topological polar surface area (TPSA) is 65.0 Å². The molecule has 0 fully saturated rings. The third kappa shape index (κ3) is 1.82. The highest BCUT2D eigenvalue weighted by atomic mass is 16.5. The van der Waals surface area contributed by atoms with E-state index in [-0.39, 0.29) is 0 Å². The van der Waals surface area contributed by atoms with Crippen molar-refractivity contribution in [1.82, 2.24) is 15.1 Å². The predicted octanol–water partition coefficient (Wildman–Crippen LogP) is 2.70. The molecule has 5 heteroatoms. The van der Waals surface area contributed by atoms with E-state index in [9.17, 15) is 0 Å². The first-order chi connectivity index (χ1) is 8.33. The van der Waals surface area contributed by atoms with E-state index in [1.54, 1.807) is 0 Å². The number of aromatic nitrogens is 3. The lowest BCUT2D eigenvalue weighted by Crippen LogP contribution is -1.81. The van der Waals surface area contributed by atoms with Gasteiger partial charge in [-0.25, -0.2) is 4.98 Å². The summed E-state index contributed by atoms with van der Waals surface area (Å²) >= 11 is 0. The molecule has 3 aromatic rings. The van der Waals surface area contributed by atoms with E-state index in [1.807, 2.05) is 31.2 Å². The molecular formula is C12H9N3O2. The SMILES string of the molecule is Cc1cccc(-c2noc(-c3cnco3)n2)c1. The molecule has 0 saturated heterocycles. The number of rotatable bonds is 2. The molecule has 0 atom stereocenters. The minimum atomic E-state index is 0.332. The summed E-state index contributed by atoms with van der Waals surface area (Å²) in [6.07, 6.45) is 2.86. The molecular weight excluding hydrogens is 218 g/mol. The highest BCUT2D eigenvalue weighted by Crippen LogP contribution is 2.22. The third-order valence-corrected chi connectivity index (χ3v) is 2.35. The first-order valence-electron chi connectivity index (χ1n) is 5.12. The van der Waals surface area contributed by atoms with E-state index in [1.165, 1.54) is 12.6 Å². The Hall–Kier alpha value is -2.43. The van der Waals surface area contributed by atoms with Gasteiger partial charge in [-0.3, -0.25) is 0 Å². The maximum Gasteiger partial charge on any atom is 0.295 e. The van der Waals surface area contributed by atoms with Gasteiger partial charge in [0.05, 0.1) is 6.20 Å². The normalized spacial score (nSPS) is 10.6.